The van der Waals surface area contributed by atoms with Gasteiger partial charge in [0.15, 0.2) is 0 Å². The van der Waals surface area contributed by atoms with Crippen molar-refractivity contribution in [2.45, 2.75) is 19.8 Å². The predicted molar refractivity (Wildman–Crippen MR) is 68.7 cm³/mol. The molecule has 1 aromatic heterocycles. The van der Waals surface area contributed by atoms with Crippen LogP contribution >= 0.6 is 0 Å². The SMILES string of the molecule is Cc1nc(N(C)CC(=O)N2CCCC2)cc(=O)[nH]1. The number of amides is 1. The average Bonchev–Trinajstić information content (AvgIpc) is 2.80. The fraction of sp³-hybridized carbons (Fsp3) is 0.583. The first-order chi connectivity index (χ1) is 8.56. The van der Waals surface area contributed by atoms with E-state index in [4.69, 9.17) is 0 Å². The van der Waals surface area contributed by atoms with E-state index >= 15 is 0 Å². The van der Waals surface area contributed by atoms with E-state index in [0.717, 1.165) is 25.9 Å². The van der Waals surface area contributed by atoms with E-state index in [1.807, 2.05) is 4.90 Å². The van der Waals surface area contributed by atoms with Crippen LogP contribution < -0.4 is 10.5 Å². The number of nitrogens with one attached hydrogen (secondary N) is 1. The molecule has 0 atom stereocenters. The molecule has 1 aliphatic rings. The Labute approximate surface area is 106 Å². The number of aromatic amines is 1. The van der Waals surface area contributed by atoms with Crippen molar-refractivity contribution in [2.24, 2.45) is 0 Å². The lowest BCUT2D eigenvalue weighted by Crippen LogP contribution is -2.38. The van der Waals surface area contributed by atoms with Gasteiger partial charge < -0.3 is 14.8 Å². The van der Waals surface area contributed by atoms with E-state index in [0.29, 0.717) is 11.6 Å². The Hall–Kier alpha value is -1.85. The van der Waals surface area contributed by atoms with E-state index < -0.39 is 0 Å². The van der Waals surface area contributed by atoms with Crippen molar-refractivity contribution in [3.63, 3.8) is 0 Å². The number of rotatable bonds is 3. The number of likely N-dealkylation sites (tertiary alicyclic amines) is 1. The largest absolute Gasteiger partial charge is 0.350 e. The molecule has 6 heteroatoms. The summed E-state index contributed by atoms with van der Waals surface area (Å²) in [7, 11) is 1.77. The molecule has 0 radical (unpaired) electrons. The van der Waals surface area contributed by atoms with Gasteiger partial charge in [0, 0.05) is 26.2 Å². The Morgan fingerprint density at radius 3 is 2.78 bits per heavy atom. The molecule has 0 aliphatic carbocycles. The quantitative estimate of drug-likeness (QED) is 0.828. The van der Waals surface area contributed by atoms with Crippen molar-refractivity contribution < 1.29 is 4.79 Å². The maximum Gasteiger partial charge on any atom is 0.252 e. The summed E-state index contributed by atoms with van der Waals surface area (Å²) in [4.78, 5) is 33.7. The number of H-pyrrole nitrogens is 1. The molecule has 0 spiro atoms. The molecule has 1 aliphatic heterocycles. The van der Waals surface area contributed by atoms with E-state index in [1.54, 1.807) is 18.9 Å². The van der Waals surface area contributed by atoms with Gasteiger partial charge >= 0.3 is 0 Å². The molecule has 98 valence electrons. The summed E-state index contributed by atoms with van der Waals surface area (Å²) in [5.74, 6) is 1.18. The van der Waals surface area contributed by atoms with Gasteiger partial charge in [-0.25, -0.2) is 4.98 Å². The molecule has 6 nitrogen and oxygen atoms in total. The monoisotopic (exact) mass is 250 g/mol. The predicted octanol–water partition coefficient (Wildman–Crippen LogP) is 0.137. The van der Waals surface area contributed by atoms with Gasteiger partial charge in [0.25, 0.3) is 5.56 Å². The van der Waals surface area contributed by atoms with E-state index in [9.17, 15) is 9.59 Å². The van der Waals surface area contributed by atoms with Crippen LogP contribution in [0.1, 0.15) is 18.7 Å². The normalized spacial score (nSPS) is 14.9. The van der Waals surface area contributed by atoms with Crippen molar-refractivity contribution in [1.82, 2.24) is 14.9 Å². The van der Waals surface area contributed by atoms with Crippen LogP contribution in [-0.4, -0.2) is 47.5 Å². The van der Waals surface area contributed by atoms with Crippen LogP contribution in [0.5, 0.6) is 0 Å². The maximum absolute atomic E-state index is 12.0. The number of likely N-dealkylation sites (N-methyl/N-ethyl adjacent to an activating group) is 1. The van der Waals surface area contributed by atoms with Gasteiger partial charge in [-0.15, -0.1) is 0 Å². The molecule has 2 heterocycles. The number of aryl methyl sites for hydroxylation is 1. The molecule has 0 bridgehead atoms. The summed E-state index contributed by atoms with van der Waals surface area (Å²) >= 11 is 0. The van der Waals surface area contributed by atoms with Gasteiger partial charge in [-0.05, 0) is 19.8 Å². The molecular weight excluding hydrogens is 232 g/mol. The highest BCUT2D eigenvalue weighted by molar-refractivity contribution is 5.81. The molecule has 1 amide bonds. The lowest BCUT2D eigenvalue weighted by molar-refractivity contribution is -0.128. The number of nitrogens with zero attached hydrogens (tertiary/aromatic N) is 3. The van der Waals surface area contributed by atoms with Gasteiger partial charge in [-0.3, -0.25) is 9.59 Å². The molecule has 0 unspecified atom stereocenters. The van der Waals surface area contributed by atoms with E-state index in [1.165, 1.54) is 6.07 Å². The van der Waals surface area contributed by atoms with Crippen molar-refractivity contribution in [1.29, 1.82) is 0 Å². The smallest absolute Gasteiger partial charge is 0.252 e. The van der Waals surface area contributed by atoms with Gasteiger partial charge in [0.05, 0.1) is 6.54 Å². The molecule has 1 aromatic rings. The number of aromatic nitrogens is 2. The summed E-state index contributed by atoms with van der Waals surface area (Å²) in [6, 6.07) is 1.41. The fourth-order valence-corrected chi connectivity index (χ4v) is 2.11. The zero-order valence-corrected chi connectivity index (χ0v) is 10.8. The minimum absolute atomic E-state index is 0.0923. The molecule has 0 aromatic carbocycles. The molecule has 1 saturated heterocycles. The Balaban J connectivity index is 2.04. The van der Waals surface area contributed by atoms with Crippen LogP contribution in [0.25, 0.3) is 0 Å². The zero-order chi connectivity index (χ0) is 13.1. The Morgan fingerprint density at radius 2 is 2.17 bits per heavy atom. The minimum Gasteiger partial charge on any atom is -0.350 e. The third-order valence-corrected chi connectivity index (χ3v) is 3.07. The highest BCUT2D eigenvalue weighted by Gasteiger charge is 2.19. The van der Waals surface area contributed by atoms with Gasteiger partial charge in [-0.2, -0.15) is 0 Å². The van der Waals surface area contributed by atoms with Crippen LogP contribution in [0.15, 0.2) is 10.9 Å². The van der Waals surface area contributed by atoms with Gasteiger partial charge in [-0.1, -0.05) is 0 Å². The molecule has 0 saturated carbocycles. The number of carbonyl (C=O) groups excluding carboxylic acids is 1. The Morgan fingerprint density at radius 1 is 1.50 bits per heavy atom. The second-order valence-electron chi connectivity index (χ2n) is 4.63. The minimum atomic E-state index is -0.196. The Bertz CT molecular complexity index is 491. The molecular formula is C12H18N4O2. The molecule has 1 fully saturated rings. The number of anilines is 1. The lowest BCUT2D eigenvalue weighted by atomic mass is 10.4. The zero-order valence-electron chi connectivity index (χ0n) is 10.8. The lowest BCUT2D eigenvalue weighted by Gasteiger charge is -2.21. The van der Waals surface area contributed by atoms with Crippen LogP contribution in [0.4, 0.5) is 5.82 Å². The first-order valence-corrected chi connectivity index (χ1v) is 6.13. The number of hydrogen-bond donors (Lipinski definition) is 1. The van der Waals surface area contributed by atoms with Crippen LogP contribution in [0, 0.1) is 6.92 Å². The summed E-state index contributed by atoms with van der Waals surface area (Å²) in [5, 5.41) is 0. The van der Waals surface area contributed by atoms with Crippen molar-refractivity contribution >= 4 is 11.7 Å². The van der Waals surface area contributed by atoms with Crippen molar-refractivity contribution in [3.05, 3.63) is 22.2 Å². The highest BCUT2D eigenvalue weighted by atomic mass is 16.2. The third-order valence-electron chi connectivity index (χ3n) is 3.07. The van der Waals surface area contributed by atoms with E-state index in [-0.39, 0.29) is 18.0 Å². The van der Waals surface area contributed by atoms with Crippen molar-refractivity contribution in [2.75, 3.05) is 31.6 Å². The molecule has 2 rings (SSSR count). The first-order valence-electron chi connectivity index (χ1n) is 6.13. The van der Waals surface area contributed by atoms with Gasteiger partial charge in [0.2, 0.25) is 5.91 Å². The van der Waals surface area contributed by atoms with Crippen LogP contribution in [-0.2, 0) is 4.79 Å². The second-order valence-corrected chi connectivity index (χ2v) is 4.63. The summed E-state index contributed by atoms with van der Waals surface area (Å²) in [5.41, 5.74) is -0.196. The second kappa shape index (κ2) is 5.20. The summed E-state index contributed by atoms with van der Waals surface area (Å²) in [6.45, 7) is 3.67. The number of hydrogen-bond acceptors (Lipinski definition) is 4. The van der Waals surface area contributed by atoms with Crippen LogP contribution in [0.2, 0.25) is 0 Å². The Kier molecular flexibility index (Phi) is 3.64. The summed E-state index contributed by atoms with van der Waals surface area (Å²) < 4.78 is 0. The third kappa shape index (κ3) is 2.88. The standard InChI is InChI=1S/C12H18N4O2/c1-9-13-10(7-11(17)14-9)15(2)8-12(18)16-5-3-4-6-16/h7H,3-6,8H2,1-2H3,(H,13,14,17). The van der Waals surface area contributed by atoms with E-state index in [2.05, 4.69) is 9.97 Å². The topological polar surface area (TPSA) is 69.3 Å². The van der Waals surface area contributed by atoms with Gasteiger partial charge in [0.1, 0.15) is 11.6 Å². The fourth-order valence-electron chi connectivity index (χ4n) is 2.11. The average molecular weight is 250 g/mol. The van der Waals surface area contributed by atoms with Crippen molar-refractivity contribution in [3.8, 4) is 0 Å². The number of carbonyl (C=O) groups is 1. The maximum atomic E-state index is 12.0. The summed E-state index contributed by atoms with van der Waals surface area (Å²) in [6.07, 6.45) is 2.16. The van der Waals surface area contributed by atoms with Crippen LogP contribution in [0.3, 0.4) is 0 Å². The molecule has 1 N–H and O–H groups in total. The molecule has 18 heavy (non-hydrogen) atoms. The highest BCUT2D eigenvalue weighted by Crippen LogP contribution is 2.10. The first kappa shape index (κ1) is 12.6.